The lowest BCUT2D eigenvalue weighted by molar-refractivity contribution is 0.0535. The molecule has 1 heterocycles. The van der Waals surface area contributed by atoms with Gasteiger partial charge in [0.25, 0.3) is 11.8 Å². The van der Waals surface area contributed by atoms with Gasteiger partial charge in [-0.2, -0.15) is 0 Å². The maximum absolute atomic E-state index is 12.8. The van der Waals surface area contributed by atoms with Gasteiger partial charge in [0.2, 0.25) is 0 Å². The smallest absolute Gasteiger partial charge is 0.254 e. The van der Waals surface area contributed by atoms with E-state index in [1.807, 2.05) is 31.2 Å². The summed E-state index contributed by atoms with van der Waals surface area (Å²) in [5.41, 5.74) is 2.35. The number of piperazine rings is 1. The first-order chi connectivity index (χ1) is 13.0. The summed E-state index contributed by atoms with van der Waals surface area (Å²) < 4.78 is 10.5. The van der Waals surface area contributed by atoms with E-state index in [4.69, 9.17) is 9.47 Å². The first-order valence-corrected chi connectivity index (χ1v) is 8.90. The molecule has 0 aromatic heterocycles. The van der Waals surface area contributed by atoms with Crippen molar-refractivity contribution in [3.05, 3.63) is 59.2 Å². The van der Waals surface area contributed by atoms with E-state index in [0.717, 1.165) is 5.56 Å². The Morgan fingerprint density at radius 1 is 0.741 bits per heavy atom. The molecular formula is C21H24N2O4. The predicted molar refractivity (Wildman–Crippen MR) is 103 cm³/mol. The number of aryl methyl sites for hydroxylation is 1. The van der Waals surface area contributed by atoms with Gasteiger partial charge in [-0.25, -0.2) is 0 Å². The van der Waals surface area contributed by atoms with E-state index < -0.39 is 0 Å². The van der Waals surface area contributed by atoms with Crippen molar-refractivity contribution in [1.82, 2.24) is 9.80 Å². The van der Waals surface area contributed by atoms with Gasteiger partial charge in [0.15, 0.2) is 11.5 Å². The largest absolute Gasteiger partial charge is 0.493 e. The lowest BCUT2D eigenvalue weighted by Gasteiger charge is -2.35. The van der Waals surface area contributed by atoms with Crippen LogP contribution in [0.4, 0.5) is 0 Å². The molecule has 6 nitrogen and oxygen atoms in total. The Hall–Kier alpha value is -3.02. The predicted octanol–water partition coefficient (Wildman–Crippen LogP) is 2.61. The molecule has 0 atom stereocenters. The third kappa shape index (κ3) is 4.05. The lowest BCUT2D eigenvalue weighted by Crippen LogP contribution is -2.50. The average Bonchev–Trinajstić information content (AvgIpc) is 2.72. The van der Waals surface area contributed by atoms with Crippen molar-refractivity contribution in [1.29, 1.82) is 0 Å². The highest BCUT2D eigenvalue weighted by Gasteiger charge is 2.26. The van der Waals surface area contributed by atoms with Gasteiger partial charge in [-0.1, -0.05) is 17.7 Å². The second-order valence-electron chi connectivity index (χ2n) is 6.52. The molecule has 0 N–H and O–H groups in total. The summed E-state index contributed by atoms with van der Waals surface area (Å²) in [7, 11) is 3.10. The molecule has 0 aliphatic carbocycles. The summed E-state index contributed by atoms with van der Waals surface area (Å²) in [6.45, 7) is 4.04. The number of ether oxygens (including phenoxy) is 2. The molecule has 0 bridgehead atoms. The highest BCUT2D eigenvalue weighted by molar-refractivity contribution is 5.96. The first kappa shape index (κ1) is 18.8. The summed E-state index contributed by atoms with van der Waals surface area (Å²) in [6.07, 6.45) is 0. The molecule has 1 saturated heterocycles. The van der Waals surface area contributed by atoms with Crippen LogP contribution < -0.4 is 9.47 Å². The van der Waals surface area contributed by atoms with E-state index in [2.05, 4.69) is 0 Å². The minimum Gasteiger partial charge on any atom is -0.493 e. The third-order valence-corrected chi connectivity index (χ3v) is 4.78. The van der Waals surface area contributed by atoms with Gasteiger partial charge >= 0.3 is 0 Å². The van der Waals surface area contributed by atoms with Crippen LogP contribution in [0.3, 0.4) is 0 Å². The molecule has 2 aromatic carbocycles. The van der Waals surface area contributed by atoms with Crippen LogP contribution >= 0.6 is 0 Å². The summed E-state index contributed by atoms with van der Waals surface area (Å²) in [6, 6.07) is 12.7. The van der Waals surface area contributed by atoms with Crippen LogP contribution in [0.5, 0.6) is 11.5 Å². The molecule has 2 aromatic rings. The van der Waals surface area contributed by atoms with Gasteiger partial charge in [0.05, 0.1) is 14.2 Å². The Bertz CT molecular complexity index is 825. The van der Waals surface area contributed by atoms with E-state index in [9.17, 15) is 9.59 Å². The summed E-state index contributed by atoms with van der Waals surface area (Å²) in [5, 5.41) is 0. The zero-order chi connectivity index (χ0) is 19.4. The van der Waals surface area contributed by atoms with Crippen LogP contribution in [0.1, 0.15) is 26.3 Å². The van der Waals surface area contributed by atoms with Crippen molar-refractivity contribution in [3.63, 3.8) is 0 Å². The number of hydrogen-bond acceptors (Lipinski definition) is 4. The summed E-state index contributed by atoms with van der Waals surface area (Å²) in [4.78, 5) is 28.9. The number of hydrogen-bond donors (Lipinski definition) is 0. The number of amides is 2. The van der Waals surface area contributed by atoms with Gasteiger partial charge in [-0.15, -0.1) is 0 Å². The Morgan fingerprint density at radius 3 is 1.74 bits per heavy atom. The fourth-order valence-corrected chi connectivity index (χ4v) is 3.14. The molecule has 6 heteroatoms. The Labute approximate surface area is 159 Å². The van der Waals surface area contributed by atoms with Crippen LogP contribution in [0.2, 0.25) is 0 Å². The van der Waals surface area contributed by atoms with Crippen LogP contribution in [-0.2, 0) is 0 Å². The molecule has 0 unspecified atom stereocenters. The normalized spacial score (nSPS) is 14.0. The van der Waals surface area contributed by atoms with Crippen LogP contribution in [0.15, 0.2) is 42.5 Å². The number of benzene rings is 2. The van der Waals surface area contributed by atoms with Crippen molar-refractivity contribution in [2.24, 2.45) is 0 Å². The van der Waals surface area contributed by atoms with Crippen LogP contribution in [0, 0.1) is 6.92 Å². The van der Waals surface area contributed by atoms with Crippen molar-refractivity contribution in [3.8, 4) is 11.5 Å². The van der Waals surface area contributed by atoms with Crippen molar-refractivity contribution >= 4 is 11.8 Å². The molecule has 0 radical (unpaired) electrons. The number of methoxy groups -OCH3 is 2. The maximum atomic E-state index is 12.8. The second-order valence-corrected chi connectivity index (χ2v) is 6.52. The summed E-state index contributed by atoms with van der Waals surface area (Å²) in [5.74, 6) is 1.05. The summed E-state index contributed by atoms with van der Waals surface area (Å²) >= 11 is 0. The van der Waals surface area contributed by atoms with E-state index in [1.54, 1.807) is 42.2 Å². The third-order valence-electron chi connectivity index (χ3n) is 4.78. The van der Waals surface area contributed by atoms with Gasteiger partial charge in [0, 0.05) is 37.3 Å². The Balaban J connectivity index is 1.64. The molecular weight excluding hydrogens is 344 g/mol. The van der Waals surface area contributed by atoms with Gasteiger partial charge in [0.1, 0.15) is 0 Å². The monoisotopic (exact) mass is 368 g/mol. The number of carbonyl (C=O) groups is 2. The van der Waals surface area contributed by atoms with Gasteiger partial charge in [-0.05, 0) is 37.3 Å². The molecule has 1 fully saturated rings. The first-order valence-electron chi connectivity index (χ1n) is 8.90. The molecule has 1 aliphatic rings. The molecule has 3 rings (SSSR count). The topological polar surface area (TPSA) is 59.1 Å². The van der Waals surface area contributed by atoms with E-state index in [1.165, 1.54) is 0 Å². The molecule has 0 saturated carbocycles. The zero-order valence-corrected chi connectivity index (χ0v) is 15.9. The van der Waals surface area contributed by atoms with E-state index >= 15 is 0 Å². The SMILES string of the molecule is COc1ccc(C(=O)N2CCN(C(=O)c3ccc(C)cc3)CC2)cc1OC. The fourth-order valence-electron chi connectivity index (χ4n) is 3.14. The quantitative estimate of drug-likeness (QED) is 0.832. The average molecular weight is 368 g/mol. The highest BCUT2D eigenvalue weighted by atomic mass is 16.5. The minimum atomic E-state index is -0.0709. The van der Waals surface area contributed by atoms with Gasteiger partial charge < -0.3 is 19.3 Å². The Kier molecular flexibility index (Phi) is 5.64. The zero-order valence-electron chi connectivity index (χ0n) is 15.9. The molecule has 2 amide bonds. The Morgan fingerprint density at radius 2 is 1.22 bits per heavy atom. The van der Waals surface area contributed by atoms with Crippen LogP contribution in [0.25, 0.3) is 0 Å². The lowest BCUT2D eigenvalue weighted by atomic mass is 10.1. The molecule has 1 aliphatic heterocycles. The molecule has 27 heavy (non-hydrogen) atoms. The highest BCUT2D eigenvalue weighted by Crippen LogP contribution is 2.28. The standard InChI is InChI=1S/C21H24N2O4/c1-15-4-6-16(7-5-15)20(24)22-10-12-23(13-11-22)21(25)17-8-9-18(26-2)19(14-17)27-3/h4-9,14H,10-13H2,1-3H3. The number of nitrogens with zero attached hydrogens (tertiary/aromatic N) is 2. The molecule has 0 spiro atoms. The molecule has 142 valence electrons. The maximum Gasteiger partial charge on any atom is 0.254 e. The van der Waals surface area contributed by atoms with Crippen molar-refractivity contribution in [2.45, 2.75) is 6.92 Å². The second kappa shape index (κ2) is 8.12. The van der Waals surface area contributed by atoms with Crippen molar-refractivity contribution < 1.29 is 19.1 Å². The van der Waals surface area contributed by atoms with E-state index in [0.29, 0.717) is 48.8 Å². The fraction of sp³-hybridized carbons (Fsp3) is 0.333. The number of rotatable bonds is 4. The number of carbonyl (C=O) groups excluding carboxylic acids is 2. The van der Waals surface area contributed by atoms with E-state index in [-0.39, 0.29) is 11.8 Å². The van der Waals surface area contributed by atoms with Gasteiger partial charge in [-0.3, -0.25) is 9.59 Å². The van der Waals surface area contributed by atoms with Crippen molar-refractivity contribution in [2.75, 3.05) is 40.4 Å². The minimum absolute atomic E-state index is 0.00761. The van der Waals surface area contributed by atoms with Crippen LogP contribution in [-0.4, -0.2) is 62.0 Å².